The zero-order valence-corrected chi connectivity index (χ0v) is 19.7. The van der Waals surface area contributed by atoms with Crippen LogP contribution in [0.1, 0.15) is 34.6 Å². The van der Waals surface area contributed by atoms with Crippen LogP contribution in [0.3, 0.4) is 0 Å². The van der Waals surface area contributed by atoms with Gasteiger partial charge < -0.3 is 4.90 Å². The minimum absolute atomic E-state index is 0. The van der Waals surface area contributed by atoms with Gasteiger partial charge in [0.05, 0.1) is 19.4 Å². The Kier molecular flexibility index (Phi) is 8.28. The summed E-state index contributed by atoms with van der Waals surface area (Å²) in [6.45, 7) is 11.8. The number of fused-ring (bicyclic) bond motifs is 1. The Labute approximate surface area is 185 Å². The molecule has 0 N–H and O–H groups in total. The van der Waals surface area contributed by atoms with Crippen LogP contribution in [0.5, 0.6) is 0 Å². The van der Waals surface area contributed by atoms with Gasteiger partial charge in [0.25, 0.3) is 5.91 Å². The number of aromatic nitrogens is 1. The average Bonchev–Trinajstić information content (AvgIpc) is 3.25. The second-order valence-corrected chi connectivity index (χ2v) is 9.24. The van der Waals surface area contributed by atoms with Gasteiger partial charge in [-0.05, 0) is 56.3 Å². The van der Waals surface area contributed by atoms with E-state index in [9.17, 15) is 4.79 Å². The summed E-state index contributed by atoms with van der Waals surface area (Å²) in [6.07, 6.45) is 0. The molecule has 1 amide bonds. The summed E-state index contributed by atoms with van der Waals surface area (Å²) in [7, 11) is 0. The lowest BCUT2D eigenvalue weighted by atomic mass is 10.1. The maximum Gasteiger partial charge on any atom is 0.270 e. The van der Waals surface area contributed by atoms with Crippen molar-refractivity contribution in [1.82, 2.24) is 9.88 Å². The highest BCUT2D eigenvalue weighted by atomic mass is 35.5. The van der Waals surface area contributed by atoms with Crippen molar-refractivity contribution in [2.75, 3.05) is 31.1 Å². The molecule has 0 saturated heterocycles. The van der Waals surface area contributed by atoms with E-state index in [0.29, 0.717) is 15.8 Å². The van der Waals surface area contributed by atoms with Gasteiger partial charge in [0.15, 0.2) is 5.13 Å². The molecule has 4 nitrogen and oxygen atoms in total. The first kappa shape index (κ1) is 23.1. The summed E-state index contributed by atoms with van der Waals surface area (Å²) in [5.41, 5.74) is 3.33. The smallest absolute Gasteiger partial charge is 0.270 e. The van der Waals surface area contributed by atoms with Crippen molar-refractivity contribution in [3.63, 3.8) is 0 Å². The van der Waals surface area contributed by atoms with Crippen LogP contribution in [0.2, 0.25) is 4.34 Å². The minimum atomic E-state index is -0.0347. The third-order valence-electron chi connectivity index (χ3n) is 4.61. The molecule has 152 valence electrons. The van der Waals surface area contributed by atoms with Gasteiger partial charge in [-0.15, -0.1) is 23.7 Å². The summed E-state index contributed by atoms with van der Waals surface area (Å²) >= 11 is 8.95. The number of thiophene rings is 1. The van der Waals surface area contributed by atoms with Crippen LogP contribution >= 0.6 is 46.7 Å². The summed E-state index contributed by atoms with van der Waals surface area (Å²) in [5.74, 6) is -0.0347. The van der Waals surface area contributed by atoms with E-state index in [2.05, 4.69) is 44.7 Å². The first-order chi connectivity index (χ1) is 12.9. The normalized spacial score (nSPS) is 11.1. The van der Waals surface area contributed by atoms with Crippen molar-refractivity contribution in [3.05, 3.63) is 44.6 Å². The fraction of sp³-hybridized carbons (Fsp3) is 0.400. The largest absolute Gasteiger partial charge is 0.302 e. The van der Waals surface area contributed by atoms with E-state index in [-0.39, 0.29) is 18.3 Å². The number of likely N-dealkylation sites (N-methyl/N-ethyl adjacent to an activating group) is 1. The molecular formula is C20H25Cl2N3OS2. The number of benzene rings is 1. The lowest BCUT2D eigenvalue weighted by Crippen LogP contribution is -2.38. The van der Waals surface area contributed by atoms with Crippen molar-refractivity contribution in [1.29, 1.82) is 0 Å². The zero-order valence-electron chi connectivity index (χ0n) is 16.5. The molecule has 0 saturated carbocycles. The number of halogens is 2. The predicted octanol–water partition coefficient (Wildman–Crippen LogP) is 6.04. The maximum absolute atomic E-state index is 13.2. The molecule has 2 heterocycles. The summed E-state index contributed by atoms with van der Waals surface area (Å²) in [5, 5.41) is 0.750. The van der Waals surface area contributed by atoms with Gasteiger partial charge in [-0.1, -0.05) is 42.9 Å². The Morgan fingerprint density at radius 2 is 1.82 bits per heavy atom. The van der Waals surface area contributed by atoms with Crippen molar-refractivity contribution >= 4 is 67.9 Å². The molecule has 0 atom stereocenters. The number of aryl methyl sites for hydroxylation is 2. The number of amides is 1. The Morgan fingerprint density at radius 3 is 2.43 bits per heavy atom. The molecular weight excluding hydrogens is 433 g/mol. The lowest BCUT2D eigenvalue weighted by Gasteiger charge is -2.24. The van der Waals surface area contributed by atoms with E-state index in [0.717, 1.165) is 40.5 Å². The fourth-order valence-corrected chi connectivity index (χ4v) is 5.26. The number of thiazole rings is 1. The second kappa shape index (κ2) is 10.0. The molecule has 1 aromatic carbocycles. The molecule has 0 bridgehead atoms. The van der Waals surface area contributed by atoms with Crippen LogP contribution in [0.4, 0.5) is 5.13 Å². The first-order valence-corrected chi connectivity index (χ1v) is 11.1. The van der Waals surface area contributed by atoms with Crippen molar-refractivity contribution < 1.29 is 4.79 Å². The number of anilines is 1. The van der Waals surface area contributed by atoms with E-state index in [1.54, 1.807) is 28.4 Å². The highest BCUT2D eigenvalue weighted by molar-refractivity contribution is 7.22. The third-order valence-corrected chi connectivity index (χ3v) is 6.86. The van der Waals surface area contributed by atoms with Crippen molar-refractivity contribution in [2.45, 2.75) is 27.7 Å². The monoisotopic (exact) mass is 457 g/mol. The van der Waals surface area contributed by atoms with Gasteiger partial charge in [0, 0.05) is 13.1 Å². The second-order valence-electron chi connectivity index (χ2n) is 6.51. The molecule has 0 unspecified atom stereocenters. The van der Waals surface area contributed by atoms with Gasteiger partial charge in [-0.3, -0.25) is 9.69 Å². The predicted molar refractivity (Wildman–Crippen MR) is 125 cm³/mol. The molecule has 3 aromatic rings. The molecule has 3 rings (SSSR count). The standard InChI is InChI=1S/C20H24ClN3OS2.ClH/c1-5-23(6-2)9-10-24(19(25)15-7-8-17(21)26-15)20-22-18-14(4)11-13(3)12-16(18)27-20;/h7-8,11-12H,5-6,9-10H2,1-4H3;1H. The summed E-state index contributed by atoms with van der Waals surface area (Å²) in [4.78, 5) is 22.8. The van der Waals surface area contributed by atoms with Crippen LogP contribution in [-0.4, -0.2) is 42.0 Å². The molecule has 8 heteroatoms. The Hall–Kier alpha value is -1.18. The number of hydrogen-bond donors (Lipinski definition) is 0. The van der Waals surface area contributed by atoms with Crippen molar-refractivity contribution in [3.8, 4) is 0 Å². The van der Waals surface area contributed by atoms with Gasteiger partial charge in [0.1, 0.15) is 0 Å². The number of rotatable bonds is 7. The molecule has 0 aliphatic carbocycles. The van der Waals surface area contributed by atoms with Crippen LogP contribution in [0, 0.1) is 13.8 Å². The first-order valence-electron chi connectivity index (χ1n) is 9.10. The number of hydrogen-bond acceptors (Lipinski definition) is 5. The Morgan fingerprint density at radius 1 is 1.11 bits per heavy atom. The summed E-state index contributed by atoms with van der Waals surface area (Å²) < 4.78 is 1.74. The highest BCUT2D eigenvalue weighted by Crippen LogP contribution is 2.33. The van der Waals surface area contributed by atoms with Crippen molar-refractivity contribution in [2.24, 2.45) is 0 Å². The van der Waals surface area contributed by atoms with Crippen LogP contribution in [-0.2, 0) is 0 Å². The Bertz CT molecular complexity index is 950. The molecule has 2 aromatic heterocycles. The third kappa shape index (κ3) is 5.05. The molecule has 0 spiro atoms. The van der Waals surface area contributed by atoms with E-state index in [1.165, 1.54) is 16.9 Å². The quantitative estimate of drug-likeness (QED) is 0.433. The number of carbonyl (C=O) groups is 1. The van der Waals surface area contributed by atoms with Gasteiger partial charge in [-0.25, -0.2) is 4.98 Å². The maximum atomic E-state index is 13.2. The summed E-state index contributed by atoms with van der Waals surface area (Å²) in [6, 6.07) is 7.84. The van der Waals surface area contributed by atoms with E-state index >= 15 is 0 Å². The molecule has 0 aliphatic rings. The SMILES string of the molecule is CCN(CC)CCN(C(=O)c1ccc(Cl)s1)c1nc2c(C)cc(C)cc2s1.Cl. The molecule has 0 fully saturated rings. The molecule has 0 aliphatic heterocycles. The fourth-order valence-electron chi connectivity index (χ4n) is 3.10. The van der Waals surface area contributed by atoms with E-state index < -0.39 is 0 Å². The van der Waals surface area contributed by atoms with Crippen LogP contribution in [0.25, 0.3) is 10.2 Å². The lowest BCUT2D eigenvalue weighted by molar-refractivity contribution is 0.0987. The van der Waals surface area contributed by atoms with Gasteiger partial charge >= 0.3 is 0 Å². The topological polar surface area (TPSA) is 36.4 Å². The molecule has 0 radical (unpaired) electrons. The van der Waals surface area contributed by atoms with E-state index in [1.807, 2.05) is 0 Å². The number of nitrogens with zero attached hydrogens (tertiary/aromatic N) is 3. The van der Waals surface area contributed by atoms with Gasteiger partial charge in [-0.2, -0.15) is 0 Å². The number of carbonyl (C=O) groups excluding carboxylic acids is 1. The van der Waals surface area contributed by atoms with Crippen LogP contribution in [0.15, 0.2) is 24.3 Å². The minimum Gasteiger partial charge on any atom is -0.302 e. The average molecular weight is 458 g/mol. The van der Waals surface area contributed by atoms with E-state index in [4.69, 9.17) is 16.6 Å². The molecule has 28 heavy (non-hydrogen) atoms. The zero-order chi connectivity index (χ0) is 19.6. The Balaban J connectivity index is 0.00000280. The van der Waals surface area contributed by atoms with Gasteiger partial charge in [0.2, 0.25) is 0 Å². The highest BCUT2D eigenvalue weighted by Gasteiger charge is 2.23. The van der Waals surface area contributed by atoms with Crippen LogP contribution < -0.4 is 4.90 Å².